The first-order chi connectivity index (χ1) is 13.1. The Morgan fingerprint density at radius 3 is 2.56 bits per heavy atom. The number of hydrogen-bond donors (Lipinski definition) is 1. The predicted octanol–water partition coefficient (Wildman–Crippen LogP) is 1.54. The molecule has 27 heavy (non-hydrogen) atoms. The van der Waals surface area contributed by atoms with Gasteiger partial charge in [0.05, 0.1) is 44.0 Å². The molecule has 2 aromatic heterocycles. The van der Waals surface area contributed by atoms with Gasteiger partial charge in [0, 0.05) is 18.9 Å². The Labute approximate surface area is 156 Å². The van der Waals surface area contributed by atoms with Crippen LogP contribution in [0.15, 0.2) is 18.5 Å². The van der Waals surface area contributed by atoms with Crippen molar-refractivity contribution in [2.24, 2.45) is 0 Å². The maximum absolute atomic E-state index is 13.4. The Bertz CT molecular complexity index is 908. The fourth-order valence-corrected chi connectivity index (χ4v) is 3.91. The normalized spacial score (nSPS) is 22.5. The largest absolute Gasteiger partial charge is 0.467 e. The van der Waals surface area contributed by atoms with E-state index in [9.17, 15) is 4.79 Å². The van der Waals surface area contributed by atoms with Crippen LogP contribution in [0.1, 0.15) is 24.1 Å². The maximum Gasteiger partial charge on any atom is 0.350 e. The number of anilines is 1. The monoisotopic (exact) mass is 369 g/mol. The van der Waals surface area contributed by atoms with Crippen LogP contribution in [0.2, 0.25) is 0 Å². The number of rotatable bonds is 3. The summed E-state index contributed by atoms with van der Waals surface area (Å²) in [4.78, 5) is 30.7. The summed E-state index contributed by atoms with van der Waals surface area (Å²) in [6, 6.07) is 0.170. The highest BCUT2D eigenvalue weighted by Gasteiger charge is 2.53. The minimum atomic E-state index is -0.118. The maximum atomic E-state index is 13.4. The summed E-state index contributed by atoms with van der Waals surface area (Å²) < 4.78 is 10.5. The van der Waals surface area contributed by atoms with Crippen molar-refractivity contribution in [1.82, 2.24) is 24.4 Å². The molecule has 0 aromatic carbocycles. The summed E-state index contributed by atoms with van der Waals surface area (Å²) in [5, 5.41) is 0. The van der Waals surface area contributed by atoms with E-state index in [1.54, 1.807) is 24.5 Å². The number of hydrogen-bond acceptors (Lipinski definition) is 8. The second-order valence-corrected chi connectivity index (χ2v) is 6.57. The second-order valence-electron chi connectivity index (χ2n) is 6.57. The molecular formula is C18H21N6O3+. The van der Waals surface area contributed by atoms with Gasteiger partial charge < -0.3 is 15.2 Å². The van der Waals surface area contributed by atoms with E-state index >= 15 is 0 Å². The van der Waals surface area contributed by atoms with Crippen molar-refractivity contribution < 1.29 is 14.3 Å². The van der Waals surface area contributed by atoms with Crippen molar-refractivity contribution >= 4 is 29.4 Å². The van der Waals surface area contributed by atoms with Crippen LogP contribution in [0.5, 0.6) is 6.01 Å². The van der Waals surface area contributed by atoms with E-state index in [-0.39, 0.29) is 28.4 Å². The van der Waals surface area contributed by atoms with Gasteiger partial charge in [-0.3, -0.25) is 0 Å². The third-order valence-electron chi connectivity index (χ3n) is 5.15. The molecular weight excluding hydrogens is 348 g/mol. The van der Waals surface area contributed by atoms with E-state index in [0.717, 1.165) is 11.3 Å². The van der Waals surface area contributed by atoms with Crippen molar-refractivity contribution in [3.63, 3.8) is 0 Å². The van der Waals surface area contributed by atoms with Crippen molar-refractivity contribution in [2.75, 3.05) is 26.1 Å². The summed E-state index contributed by atoms with van der Waals surface area (Å²) in [5.41, 5.74) is 8.10. The van der Waals surface area contributed by atoms with Gasteiger partial charge in [-0.25, -0.2) is 9.78 Å². The summed E-state index contributed by atoms with van der Waals surface area (Å²) >= 11 is 0. The minimum absolute atomic E-state index is 0.0688. The van der Waals surface area contributed by atoms with E-state index in [2.05, 4.69) is 19.9 Å². The Balaban J connectivity index is 2.00. The number of aryl methyl sites for hydroxylation is 1. The number of fused-ring (bicyclic) bond motifs is 1. The summed E-state index contributed by atoms with van der Waals surface area (Å²) in [6.07, 6.45) is 7.98. The van der Waals surface area contributed by atoms with Gasteiger partial charge in [0.2, 0.25) is 5.95 Å². The van der Waals surface area contributed by atoms with Crippen LogP contribution >= 0.6 is 0 Å². The average molecular weight is 369 g/mol. The van der Waals surface area contributed by atoms with Crippen LogP contribution in [0.25, 0.3) is 6.08 Å². The average Bonchev–Trinajstić information content (AvgIpc) is 2.69. The molecule has 4 rings (SSSR count). The molecule has 2 aliphatic heterocycles. The van der Waals surface area contributed by atoms with Gasteiger partial charge in [-0.2, -0.15) is 19.4 Å². The number of carbonyl (C=O) groups excluding carboxylic acids is 1. The highest BCUT2D eigenvalue weighted by Crippen LogP contribution is 2.45. The number of aromatic nitrogens is 4. The first kappa shape index (κ1) is 17.5. The Kier molecular flexibility index (Phi) is 4.33. The van der Waals surface area contributed by atoms with E-state index in [1.165, 1.54) is 7.11 Å². The molecule has 0 radical (unpaired) electrons. The van der Waals surface area contributed by atoms with Gasteiger partial charge in [-0.05, 0) is 13.0 Å². The van der Waals surface area contributed by atoms with E-state index in [0.29, 0.717) is 37.6 Å². The minimum Gasteiger partial charge on any atom is -0.467 e. The molecule has 9 heteroatoms. The molecule has 0 bridgehead atoms. The van der Waals surface area contributed by atoms with E-state index < -0.39 is 0 Å². The fraction of sp³-hybridized carbons (Fsp3) is 0.389. The van der Waals surface area contributed by atoms with Gasteiger partial charge in [0.25, 0.3) is 5.82 Å². The van der Waals surface area contributed by atoms with Crippen molar-refractivity contribution in [2.45, 2.75) is 25.8 Å². The zero-order chi connectivity index (χ0) is 19.0. The molecule has 2 N–H and O–H groups in total. The Morgan fingerprint density at radius 1 is 1.19 bits per heavy atom. The van der Waals surface area contributed by atoms with Gasteiger partial charge >= 0.3 is 11.9 Å². The number of nitrogens with zero attached hydrogens (tertiary/aromatic N) is 5. The first-order valence-corrected chi connectivity index (χ1v) is 8.77. The molecule has 9 nitrogen and oxygen atoms in total. The first-order valence-electron chi connectivity index (χ1n) is 8.77. The number of nitrogens with two attached hydrogens (primary N) is 1. The lowest BCUT2D eigenvalue weighted by molar-refractivity contribution is -0.125. The molecule has 1 amide bonds. The summed E-state index contributed by atoms with van der Waals surface area (Å²) in [6.45, 7) is 3.02. The van der Waals surface area contributed by atoms with Crippen LogP contribution in [-0.4, -0.2) is 52.2 Å². The number of carbonyl (C=O) groups is 1. The van der Waals surface area contributed by atoms with Crippen LogP contribution < -0.4 is 15.0 Å². The molecule has 0 saturated carbocycles. The van der Waals surface area contributed by atoms with Crippen molar-refractivity contribution in [3.05, 3.63) is 29.7 Å². The zero-order valence-electron chi connectivity index (χ0n) is 15.3. The lowest BCUT2D eigenvalue weighted by Crippen LogP contribution is -2.59. The molecule has 0 spiro atoms. The van der Waals surface area contributed by atoms with Crippen LogP contribution in [-0.2, 0) is 9.53 Å². The van der Waals surface area contributed by atoms with Crippen molar-refractivity contribution in [1.29, 1.82) is 0 Å². The van der Waals surface area contributed by atoms with E-state index in [1.807, 2.05) is 6.92 Å². The number of amides is 1. The number of nitrogen functional groups attached to an aromatic ring is 1. The second kappa shape index (κ2) is 6.67. The van der Waals surface area contributed by atoms with Gasteiger partial charge in [-0.15, -0.1) is 0 Å². The SMILES string of the molecule is COc1ncc([N+]2(C3CCOCC3)C(=O)C=Cc3c(C)nc(N)nc32)cn1. The molecule has 0 aliphatic carbocycles. The molecule has 1 atom stereocenters. The van der Waals surface area contributed by atoms with Crippen LogP contribution in [0, 0.1) is 6.92 Å². The molecule has 1 fully saturated rings. The number of ether oxygens (including phenoxy) is 2. The number of methoxy groups -OCH3 is 1. The lowest BCUT2D eigenvalue weighted by atomic mass is 9.97. The predicted molar refractivity (Wildman–Crippen MR) is 99.1 cm³/mol. The molecule has 1 saturated heterocycles. The topological polar surface area (TPSA) is 113 Å². The fourth-order valence-electron chi connectivity index (χ4n) is 3.91. The smallest absolute Gasteiger partial charge is 0.350 e. The third kappa shape index (κ3) is 2.66. The van der Waals surface area contributed by atoms with Crippen LogP contribution in [0.3, 0.4) is 0 Å². The highest BCUT2D eigenvalue weighted by molar-refractivity contribution is 6.08. The zero-order valence-corrected chi connectivity index (χ0v) is 15.3. The molecule has 1 unspecified atom stereocenters. The van der Waals surface area contributed by atoms with Gasteiger partial charge in [-0.1, -0.05) is 0 Å². The molecule has 4 heterocycles. The lowest BCUT2D eigenvalue weighted by Gasteiger charge is -2.42. The molecule has 2 aliphatic rings. The highest BCUT2D eigenvalue weighted by atomic mass is 16.5. The summed E-state index contributed by atoms with van der Waals surface area (Å²) in [7, 11) is 1.50. The Hall–Kier alpha value is -2.91. The quantitative estimate of drug-likeness (QED) is 0.811. The summed E-state index contributed by atoms with van der Waals surface area (Å²) in [5.74, 6) is 0.590. The Morgan fingerprint density at radius 2 is 1.89 bits per heavy atom. The number of quaternary nitrogens is 1. The molecule has 2 aromatic rings. The van der Waals surface area contributed by atoms with Crippen molar-refractivity contribution in [3.8, 4) is 6.01 Å². The van der Waals surface area contributed by atoms with Gasteiger partial charge in [0.15, 0.2) is 5.69 Å². The van der Waals surface area contributed by atoms with Crippen LogP contribution in [0.4, 0.5) is 17.5 Å². The standard InChI is InChI=1S/C18H20N6O3/c1-11-14-3-4-15(25)24(12-5-7-27-8-6-12,16(14)23-17(19)22-11)13-9-20-18(26-2)21-10-13/h3-4,9-10,12H,5-8H2,1-2H3,(H-,19,22,23,25)/p+1. The van der Waals surface area contributed by atoms with Gasteiger partial charge in [0.1, 0.15) is 6.04 Å². The van der Waals surface area contributed by atoms with E-state index in [4.69, 9.17) is 15.2 Å². The molecule has 140 valence electrons. The third-order valence-corrected chi connectivity index (χ3v) is 5.15.